The lowest BCUT2D eigenvalue weighted by Gasteiger charge is -2.27. The van der Waals surface area contributed by atoms with Crippen LogP contribution in [0.4, 0.5) is 4.79 Å². The summed E-state index contributed by atoms with van der Waals surface area (Å²) in [5.74, 6) is -1.63. The molecule has 2 amide bonds. The fourth-order valence-corrected chi connectivity index (χ4v) is 3.93. The van der Waals surface area contributed by atoms with Crippen LogP contribution in [0.3, 0.4) is 0 Å². The van der Waals surface area contributed by atoms with Crippen molar-refractivity contribution in [2.45, 2.75) is 44.7 Å². The Morgan fingerprint density at radius 2 is 1.61 bits per heavy atom. The zero-order chi connectivity index (χ0) is 22.5. The summed E-state index contributed by atoms with van der Waals surface area (Å²) in [5, 5.41) is 11.8. The number of likely N-dealkylation sites (N-methyl/N-ethyl adjacent to an activating group) is 1. The molecular formula is C24H28N2O5. The van der Waals surface area contributed by atoms with E-state index in [0.29, 0.717) is 12.8 Å². The molecule has 31 heavy (non-hydrogen) atoms. The number of carboxylic acids is 1. The first-order chi connectivity index (χ1) is 14.8. The summed E-state index contributed by atoms with van der Waals surface area (Å²) in [4.78, 5) is 37.5. The number of benzene rings is 2. The van der Waals surface area contributed by atoms with Gasteiger partial charge in [-0.2, -0.15) is 0 Å². The monoisotopic (exact) mass is 424 g/mol. The second-order valence-electron chi connectivity index (χ2n) is 7.77. The number of nitrogens with zero attached hydrogens (tertiary/aromatic N) is 1. The first-order valence-electron chi connectivity index (χ1n) is 10.5. The van der Waals surface area contributed by atoms with Crippen LogP contribution in [0.1, 0.15) is 43.7 Å². The molecule has 0 spiro atoms. The van der Waals surface area contributed by atoms with Crippen molar-refractivity contribution in [1.82, 2.24) is 10.2 Å². The number of alkyl carbamates (subject to hydrolysis) is 1. The molecule has 0 saturated carbocycles. The van der Waals surface area contributed by atoms with Crippen LogP contribution in [-0.2, 0) is 14.3 Å². The van der Waals surface area contributed by atoms with Gasteiger partial charge in [-0.3, -0.25) is 4.79 Å². The van der Waals surface area contributed by atoms with E-state index in [0.717, 1.165) is 27.2 Å². The molecule has 1 aliphatic carbocycles. The highest BCUT2D eigenvalue weighted by molar-refractivity contribution is 5.89. The molecule has 7 nitrogen and oxygen atoms in total. The number of carboxylic acid groups (broad SMARTS) is 1. The van der Waals surface area contributed by atoms with Crippen molar-refractivity contribution in [2.75, 3.05) is 13.7 Å². The molecule has 0 bridgehead atoms. The van der Waals surface area contributed by atoms with Crippen molar-refractivity contribution in [2.24, 2.45) is 0 Å². The van der Waals surface area contributed by atoms with Crippen molar-refractivity contribution in [3.8, 4) is 11.1 Å². The third kappa shape index (κ3) is 4.71. The van der Waals surface area contributed by atoms with Gasteiger partial charge in [-0.1, -0.05) is 61.9 Å². The summed E-state index contributed by atoms with van der Waals surface area (Å²) < 4.78 is 5.52. The quantitative estimate of drug-likeness (QED) is 0.675. The van der Waals surface area contributed by atoms with Crippen molar-refractivity contribution in [3.05, 3.63) is 59.7 Å². The predicted molar refractivity (Wildman–Crippen MR) is 117 cm³/mol. The summed E-state index contributed by atoms with van der Waals surface area (Å²) in [6.07, 6.45) is 0.347. The number of carbonyl (C=O) groups excluding carboxylic acids is 2. The summed E-state index contributed by atoms with van der Waals surface area (Å²) in [7, 11) is 1.42. The summed E-state index contributed by atoms with van der Waals surface area (Å²) >= 11 is 0. The van der Waals surface area contributed by atoms with Crippen LogP contribution >= 0.6 is 0 Å². The zero-order valence-electron chi connectivity index (χ0n) is 18.0. The van der Waals surface area contributed by atoms with Crippen LogP contribution in [0.15, 0.2) is 48.5 Å². The van der Waals surface area contributed by atoms with Gasteiger partial charge < -0.3 is 20.1 Å². The lowest BCUT2D eigenvalue weighted by atomic mass is 9.98. The molecule has 2 aromatic carbocycles. The number of ether oxygens (including phenoxy) is 1. The molecule has 0 aliphatic heterocycles. The maximum atomic E-state index is 12.7. The van der Waals surface area contributed by atoms with Gasteiger partial charge in [0.15, 0.2) is 0 Å². The summed E-state index contributed by atoms with van der Waals surface area (Å²) in [6.45, 7) is 3.46. The van der Waals surface area contributed by atoms with E-state index in [-0.39, 0.29) is 12.5 Å². The number of amides is 2. The lowest BCUT2D eigenvalue weighted by molar-refractivity contribution is -0.149. The van der Waals surface area contributed by atoms with Gasteiger partial charge in [0, 0.05) is 13.0 Å². The highest BCUT2D eigenvalue weighted by atomic mass is 16.5. The van der Waals surface area contributed by atoms with E-state index in [2.05, 4.69) is 17.4 Å². The first-order valence-corrected chi connectivity index (χ1v) is 10.5. The van der Waals surface area contributed by atoms with Gasteiger partial charge in [-0.15, -0.1) is 0 Å². The molecule has 1 aliphatic rings. The van der Waals surface area contributed by atoms with E-state index in [4.69, 9.17) is 9.84 Å². The number of hydrogen-bond acceptors (Lipinski definition) is 4. The molecule has 0 radical (unpaired) electrons. The maximum absolute atomic E-state index is 12.7. The lowest BCUT2D eigenvalue weighted by Crippen LogP contribution is -2.51. The zero-order valence-corrected chi connectivity index (χ0v) is 18.0. The molecule has 7 heteroatoms. The van der Waals surface area contributed by atoms with Gasteiger partial charge in [-0.25, -0.2) is 9.59 Å². The fraction of sp³-hybridized carbons (Fsp3) is 0.375. The van der Waals surface area contributed by atoms with Crippen molar-refractivity contribution in [1.29, 1.82) is 0 Å². The maximum Gasteiger partial charge on any atom is 0.407 e. The van der Waals surface area contributed by atoms with Crippen molar-refractivity contribution < 1.29 is 24.2 Å². The van der Waals surface area contributed by atoms with E-state index in [1.165, 1.54) is 14.0 Å². The molecular weight excluding hydrogens is 396 g/mol. The number of nitrogens with one attached hydrogen (secondary N) is 1. The Labute approximate surface area is 182 Å². The van der Waals surface area contributed by atoms with E-state index in [1.807, 2.05) is 43.3 Å². The molecule has 2 aromatic rings. The third-order valence-corrected chi connectivity index (χ3v) is 5.80. The highest BCUT2D eigenvalue weighted by Crippen LogP contribution is 2.44. The topological polar surface area (TPSA) is 95.9 Å². The largest absolute Gasteiger partial charge is 0.480 e. The Morgan fingerprint density at radius 3 is 2.13 bits per heavy atom. The van der Waals surface area contributed by atoms with E-state index < -0.39 is 30.1 Å². The Balaban J connectivity index is 1.67. The Hall–Kier alpha value is -3.35. The van der Waals surface area contributed by atoms with Gasteiger partial charge in [-0.05, 0) is 35.6 Å². The minimum Gasteiger partial charge on any atom is -0.480 e. The minimum atomic E-state index is -1.10. The smallest absolute Gasteiger partial charge is 0.407 e. The molecule has 0 heterocycles. The second-order valence-corrected chi connectivity index (χ2v) is 7.77. The SMILES string of the molecule is CCC[C@H](NC(=O)OCC1c2ccccc2-c2ccccc21)C(=O)N(C)C(C)C(=O)O. The van der Waals surface area contributed by atoms with Gasteiger partial charge >= 0.3 is 12.1 Å². The number of fused-ring (bicyclic) bond motifs is 3. The van der Waals surface area contributed by atoms with Crippen LogP contribution in [0.25, 0.3) is 11.1 Å². The minimum absolute atomic E-state index is 0.0758. The van der Waals surface area contributed by atoms with Gasteiger partial charge in [0.1, 0.15) is 18.7 Å². The van der Waals surface area contributed by atoms with Crippen LogP contribution in [0.2, 0.25) is 0 Å². The summed E-state index contributed by atoms with van der Waals surface area (Å²) in [6, 6.07) is 14.3. The predicted octanol–water partition coefficient (Wildman–Crippen LogP) is 3.63. The molecule has 0 aromatic heterocycles. The molecule has 3 rings (SSSR count). The van der Waals surface area contributed by atoms with Crippen molar-refractivity contribution in [3.63, 3.8) is 0 Å². The normalized spacial score (nSPS) is 14.2. The fourth-order valence-electron chi connectivity index (χ4n) is 3.93. The molecule has 164 valence electrons. The standard InChI is InChI=1S/C24H28N2O5/c1-4-9-21(22(27)26(3)15(2)23(28)29)25-24(30)31-14-20-18-12-7-5-10-16(18)17-11-6-8-13-19(17)20/h5-8,10-13,15,20-21H,4,9,14H2,1-3H3,(H,25,30)(H,28,29)/t15?,21-/m0/s1. The van der Waals surface area contributed by atoms with Crippen molar-refractivity contribution >= 4 is 18.0 Å². The van der Waals surface area contributed by atoms with Gasteiger partial charge in [0.2, 0.25) is 5.91 Å². The Morgan fingerprint density at radius 1 is 1.06 bits per heavy atom. The van der Waals surface area contributed by atoms with E-state index in [9.17, 15) is 14.4 Å². The molecule has 0 fully saturated rings. The molecule has 2 atom stereocenters. The van der Waals surface area contributed by atoms with Crippen LogP contribution < -0.4 is 5.32 Å². The number of rotatable bonds is 8. The molecule has 1 unspecified atom stereocenters. The first kappa shape index (κ1) is 22.3. The Bertz CT molecular complexity index is 928. The van der Waals surface area contributed by atoms with E-state index >= 15 is 0 Å². The highest BCUT2D eigenvalue weighted by Gasteiger charge is 2.31. The number of hydrogen-bond donors (Lipinski definition) is 2. The third-order valence-electron chi connectivity index (χ3n) is 5.80. The van der Waals surface area contributed by atoms with Gasteiger partial charge in [0.25, 0.3) is 0 Å². The average molecular weight is 424 g/mol. The van der Waals surface area contributed by atoms with Crippen LogP contribution in [0, 0.1) is 0 Å². The second kappa shape index (κ2) is 9.64. The Kier molecular flexibility index (Phi) is 6.95. The van der Waals surface area contributed by atoms with E-state index in [1.54, 1.807) is 0 Å². The van der Waals surface area contributed by atoms with Crippen LogP contribution in [0.5, 0.6) is 0 Å². The average Bonchev–Trinajstić information content (AvgIpc) is 3.09. The number of carbonyl (C=O) groups is 3. The molecule has 0 saturated heterocycles. The van der Waals surface area contributed by atoms with Gasteiger partial charge in [0.05, 0.1) is 0 Å². The number of aliphatic carboxylic acids is 1. The summed E-state index contributed by atoms with van der Waals surface area (Å²) in [5.41, 5.74) is 4.48. The van der Waals surface area contributed by atoms with Crippen LogP contribution in [-0.4, -0.2) is 53.7 Å². The molecule has 2 N–H and O–H groups in total.